The molecule has 1 aliphatic carbocycles. The van der Waals surface area contributed by atoms with Gasteiger partial charge >= 0.3 is 6.09 Å². The lowest BCUT2D eigenvalue weighted by atomic mass is 9.68. The summed E-state index contributed by atoms with van der Waals surface area (Å²) >= 11 is 0. The number of carbonyl (C=O) groups excluding carboxylic acids is 1. The fraction of sp³-hybridized carbons (Fsp3) is 0.375. The number of hydrogen-bond acceptors (Lipinski definition) is 4. The number of hydrogen-bond donors (Lipinski definition) is 0. The highest BCUT2D eigenvalue weighted by molar-refractivity contribution is 5.90. The van der Waals surface area contributed by atoms with E-state index in [0.29, 0.717) is 24.9 Å². The average molecular weight is 436 g/mol. The summed E-state index contributed by atoms with van der Waals surface area (Å²) in [6.45, 7) is 2.88. The molecule has 1 aliphatic heterocycles. The van der Waals surface area contributed by atoms with E-state index in [-0.39, 0.29) is 17.6 Å². The van der Waals surface area contributed by atoms with Gasteiger partial charge in [-0.3, -0.25) is 4.90 Å². The fourth-order valence-corrected chi connectivity index (χ4v) is 5.35. The Morgan fingerprint density at radius 1 is 1.22 bits per heavy atom. The van der Waals surface area contributed by atoms with Crippen molar-refractivity contribution in [2.24, 2.45) is 5.41 Å². The van der Waals surface area contributed by atoms with Gasteiger partial charge in [-0.15, -0.1) is 0 Å². The maximum atomic E-state index is 14.3. The Labute approximate surface area is 184 Å². The van der Waals surface area contributed by atoms with Gasteiger partial charge in [0.05, 0.1) is 35.5 Å². The highest BCUT2D eigenvalue weighted by Crippen LogP contribution is 2.48. The number of fused-ring (bicyclic) bond motifs is 1. The highest BCUT2D eigenvalue weighted by atomic mass is 19.1. The van der Waals surface area contributed by atoms with Crippen molar-refractivity contribution in [3.8, 4) is 6.07 Å². The molecule has 8 heteroatoms. The van der Waals surface area contributed by atoms with Gasteiger partial charge in [0.25, 0.3) is 0 Å². The lowest BCUT2D eigenvalue weighted by molar-refractivity contribution is -0.0264. The summed E-state index contributed by atoms with van der Waals surface area (Å²) in [5.74, 6) is -1.56. The summed E-state index contributed by atoms with van der Waals surface area (Å²) in [5, 5.41) is 9.23. The van der Waals surface area contributed by atoms with E-state index in [4.69, 9.17) is 4.74 Å². The molecule has 1 aromatic heterocycles. The Morgan fingerprint density at radius 3 is 2.75 bits per heavy atom. The van der Waals surface area contributed by atoms with Crippen molar-refractivity contribution in [3.05, 3.63) is 59.9 Å². The van der Waals surface area contributed by atoms with E-state index in [1.165, 1.54) is 6.07 Å². The molecule has 0 unspecified atom stereocenters. The molecule has 1 amide bonds. The van der Waals surface area contributed by atoms with Crippen LogP contribution in [0.4, 0.5) is 19.3 Å². The fourth-order valence-electron chi connectivity index (χ4n) is 5.35. The van der Waals surface area contributed by atoms with Gasteiger partial charge in [-0.1, -0.05) is 13.0 Å². The number of ether oxygens (including phenoxy) is 1. The number of nitriles is 1. The van der Waals surface area contributed by atoms with Gasteiger partial charge in [-0.25, -0.2) is 18.6 Å². The van der Waals surface area contributed by atoms with Gasteiger partial charge < -0.3 is 9.30 Å². The summed E-state index contributed by atoms with van der Waals surface area (Å²) in [4.78, 5) is 18.2. The second kappa shape index (κ2) is 7.30. The number of amides is 1. The molecule has 1 spiro atoms. The Balaban J connectivity index is 1.42. The predicted molar refractivity (Wildman–Crippen MR) is 114 cm³/mol. The third-order valence-electron chi connectivity index (χ3n) is 6.64. The van der Waals surface area contributed by atoms with Crippen molar-refractivity contribution in [1.29, 1.82) is 5.26 Å². The maximum absolute atomic E-state index is 14.3. The number of benzene rings is 2. The molecule has 1 saturated carbocycles. The number of halogens is 2. The smallest absolute Gasteiger partial charge is 0.415 e. The van der Waals surface area contributed by atoms with Crippen molar-refractivity contribution in [3.63, 3.8) is 0 Å². The molecule has 1 saturated heterocycles. The largest absolute Gasteiger partial charge is 0.441 e. The van der Waals surface area contributed by atoms with Crippen LogP contribution in [0.25, 0.3) is 11.0 Å². The average Bonchev–Trinajstić information content (AvgIpc) is 3.27. The van der Waals surface area contributed by atoms with Crippen LogP contribution >= 0.6 is 0 Å². The molecular weight excluding hydrogens is 414 g/mol. The molecule has 0 radical (unpaired) electrons. The van der Waals surface area contributed by atoms with Gasteiger partial charge in [-0.2, -0.15) is 5.26 Å². The first-order valence-electron chi connectivity index (χ1n) is 10.6. The number of rotatable bonds is 3. The molecule has 164 valence electrons. The van der Waals surface area contributed by atoms with Crippen LogP contribution in [-0.4, -0.2) is 27.8 Å². The number of nitrogens with zero attached hydrogens (tertiary/aromatic N) is 4. The number of anilines is 1. The predicted octanol–water partition coefficient (Wildman–Crippen LogP) is 5.16. The molecule has 0 N–H and O–H groups in total. The second-order valence-electron chi connectivity index (χ2n) is 9.24. The summed E-state index contributed by atoms with van der Waals surface area (Å²) < 4.78 is 36.5. The third kappa shape index (κ3) is 3.38. The van der Waals surface area contributed by atoms with E-state index in [2.05, 4.69) is 18.0 Å². The van der Waals surface area contributed by atoms with Crippen LogP contribution in [-0.2, 0) is 11.3 Å². The second-order valence-corrected chi connectivity index (χ2v) is 9.24. The first kappa shape index (κ1) is 20.4. The van der Waals surface area contributed by atoms with Crippen LogP contribution in [0.2, 0.25) is 0 Å². The Bertz CT molecular complexity index is 1250. The minimum Gasteiger partial charge on any atom is -0.441 e. The standard InChI is InChI=1S/C24H22F2N4O2/c1-23(13-29-15-28-19-7-6-16(11-27)10-20(19)29)8-3-9-24(12-23)14-30(22(31)32-24)21-17(25)4-2-5-18(21)26/h2,4-7,10,15H,3,8-9,12-14H2,1H3/t23-,24-/m0/s1. The quantitative estimate of drug-likeness (QED) is 0.568. The third-order valence-corrected chi connectivity index (χ3v) is 6.64. The lowest BCUT2D eigenvalue weighted by Crippen LogP contribution is -2.45. The molecule has 6 nitrogen and oxygen atoms in total. The zero-order chi connectivity index (χ0) is 22.5. The first-order valence-corrected chi connectivity index (χ1v) is 10.6. The minimum atomic E-state index is -0.799. The molecule has 2 atom stereocenters. The Morgan fingerprint density at radius 2 is 2.00 bits per heavy atom. The van der Waals surface area contributed by atoms with Crippen LogP contribution in [0.3, 0.4) is 0 Å². The molecule has 2 aromatic carbocycles. The van der Waals surface area contributed by atoms with Gasteiger partial charge in [0.1, 0.15) is 22.9 Å². The van der Waals surface area contributed by atoms with Crippen LogP contribution in [0.15, 0.2) is 42.7 Å². The Hall–Kier alpha value is -3.47. The van der Waals surface area contributed by atoms with E-state index < -0.39 is 23.3 Å². The Kier molecular flexibility index (Phi) is 4.66. The zero-order valence-electron chi connectivity index (χ0n) is 17.6. The van der Waals surface area contributed by atoms with Crippen molar-refractivity contribution in [2.75, 3.05) is 11.4 Å². The summed E-state index contributed by atoms with van der Waals surface area (Å²) in [6, 6.07) is 11.1. The van der Waals surface area contributed by atoms with E-state index in [1.54, 1.807) is 12.4 Å². The number of aromatic nitrogens is 2. The molecule has 2 heterocycles. The van der Waals surface area contributed by atoms with E-state index >= 15 is 0 Å². The summed E-state index contributed by atoms with van der Waals surface area (Å²) in [7, 11) is 0. The highest BCUT2D eigenvalue weighted by Gasteiger charge is 2.52. The van der Waals surface area contributed by atoms with Gasteiger partial charge in [0.2, 0.25) is 0 Å². The van der Waals surface area contributed by atoms with Crippen molar-refractivity contribution in [1.82, 2.24) is 9.55 Å². The van der Waals surface area contributed by atoms with Gasteiger partial charge in [0, 0.05) is 6.54 Å². The molecule has 2 fully saturated rings. The SMILES string of the molecule is C[C@]1(Cn2cnc3ccc(C#N)cc32)CCC[C@@]2(CN(c3c(F)cccc3F)C(=O)O2)C1. The molecule has 0 bridgehead atoms. The van der Waals surface area contributed by atoms with Crippen molar-refractivity contribution < 1.29 is 18.3 Å². The first-order chi connectivity index (χ1) is 15.3. The maximum Gasteiger partial charge on any atom is 0.415 e. The lowest BCUT2D eigenvalue weighted by Gasteiger charge is -2.43. The van der Waals surface area contributed by atoms with Crippen LogP contribution in [0.1, 0.15) is 38.2 Å². The number of para-hydroxylation sites is 1. The minimum absolute atomic E-state index is 0.114. The number of carbonyl (C=O) groups is 1. The normalized spacial score (nSPS) is 25.3. The van der Waals surface area contributed by atoms with Crippen LogP contribution in [0.5, 0.6) is 0 Å². The monoisotopic (exact) mass is 436 g/mol. The van der Waals surface area contributed by atoms with Gasteiger partial charge in [0.15, 0.2) is 0 Å². The van der Waals surface area contributed by atoms with Crippen molar-refractivity contribution >= 4 is 22.8 Å². The van der Waals surface area contributed by atoms with Gasteiger partial charge in [-0.05, 0) is 61.4 Å². The van der Waals surface area contributed by atoms with E-state index in [0.717, 1.165) is 40.9 Å². The van der Waals surface area contributed by atoms with Crippen LogP contribution < -0.4 is 4.90 Å². The molecular formula is C24H22F2N4O2. The summed E-state index contributed by atoms with van der Waals surface area (Å²) in [6.07, 6.45) is 4.00. The molecule has 2 aliphatic rings. The zero-order valence-corrected chi connectivity index (χ0v) is 17.6. The summed E-state index contributed by atoms with van der Waals surface area (Å²) in [5.41, 5.74) is 0.879. The molecule has 3 aromatic rings. The van der Waals surface area contributed by atoms with Crippen molar-refractivity contribution in [2.45, 2.75) is 44.8 Å². The molecule has 5 rings (SSSR count). The number of imidazole rings is 1. The van der Waals surface area contributed by atoms with Crippen LogP contribution in [0, 0.1) is 28.4 Å². The van der Waals surface area contributed by atoms with E-state index in [1.807, 2.05) is 16.7 Å². The van der Waals surface area contributed by atoms with E-state index in [9.17, 15) is 18.8 Å². The topological polar surface area (TPSA) is 71.2 Å². The molecule has 32 heavy (non-hydrogen) atoms.